The van der Waals surface area contributed by atoms with Crippen LogP contribution in [0.2, 0.25) is 0 Å². The fourth-order valence-electron chi connectivity index (χ4n) is 1.77. The molecule has 1 aromatic rings. The molecule has 0 radical (unpaired) electrons. The van der Waals surface area contributed by atoms with Gasteiger partial charge in [-0.2, -0.15) is 0 Å². The Kier molecular flexibility index (Phi) is 3.16. The van der Waals surface area contributed by atoms with Gasteiger partial charge in [0.2, 0.25) is 0 Å². The molecule has 2 rings (SSSR count). The highest BCUT2D eigenvalue weighted by Gasteiger charge is 2.33. The number of ether oxygens (including phenoxy) is 1. The second-order valence-corrected chi connectivity index (χ2v) is 3.84. The van der Waals surface area contributed by atoms with Crippen molar-refractivity contribution in [2.45, 2.75) is 18.9 Å². The van der Waals surface area contributed by atoms with E-state index in [9.17, 15) is 23.1 Å². The lowest BCUT2D eigenvalue weighted by Gasteiger charge is -2.17. The van der Waals surface area contributed by atoms with E-state index >= 15 is 0 Å². The van der Waals surface area contributed by atoms with Crippen LogP contribution in [-0.2, 0) is 4.79 Å². The Labute approximate surface area is 101 Å². The lowest BCUT2D eigenvalue weighted by Crippen LogP contribution is -2.29. The third-order valence-electron chi connectivity index (χ3n) is 2.54. The zero-order chi connectivity index (χ0) is 13.3. The van der Waals surface area contributed by atoms with Crippen LogP contribution in [-0.4, -0.2) is 30.0 Å². The standard InChI is InChI=1S/C11H10F3NO3/c12-11(13,14)18-8-3-1-2-7(6-8)15-5-4-9(16)10(15)17/h1-3,6,9,16H,4-5H2. The number of benzene rings is 1. The van der Waals surface area contributed by atoms with Crippen molar-refractivity contribution in [3.63, 3.8) is 0 Å². The number of halogens is 3. The van der Waals surface area contributed by atoms with E-state index in [-0.39, 0.29) is 18.7 Å². The molecular weight excluding hydrogens is 251 g/mol. The van der Waals surface area contributed by atoms with Crippen molar-refractivity contribution in [3.8, 4) is 5.75 Å². The smallest absolute Gasteiger partial charge is 0.406 e. The average molecular weight is 261 g/mol. The predicted octanol–water partition coefficient (Wildman–Crippen LogP) is 1.68. The molecular formula is C11H10F3NO3. The first kappa shape index (κ1) is 12.7. The molecule has 0 bridgehead atoms. The largest absolute Gasteiger partial charge is 0.573 e. The molecule has 1 N–H and O–H groups in total. The number of carbonyl (C=O) groups is 1. The summed E-state index contributed by atoms with van der Waals surface area (Å²) < 4.78 is 39.9. The van der Waals surface area contributed by atoms with Gasteiger partial charge >= 0.3 is 6.36 Å². The van der Waals surface area contributed by atoms with Crippen molar-refractivity contribution in [1.29, 1.82) is 0 Å². The number of aliphatic hydroxyl groups is 1. The monoisotopic (exact) mass is 261 g/mol. The second-order valence-electron chi connectivity index (χ2n) is 3.84. The van der Waals surface area contributed by atoms with Crippen molar-refractivity contribution in [3.05, 3.63) is 24.3 Å². The normalized spacial score (nSPS) is 20.3. The van der Waals surface area contributed by atoms with Gasteiger partial charge in [-0.05, 0) is 12.1 Å². The van der Waals surface area contributed by atoms with Gasteiger partial charge in [0, 0.05) is 24.7 Å². The fourth-order valence-corrected chi connectivity index (χ4v) is 1.77. The van der Waals surface area contributed by atoms with Crippen LogP contribution in [0, 0.1) is 0 Å². The highest BCUT2D eigenvalue weighted by molar-refractivity contribution is 5.98. The van der Waals surface area contributed by atoms with Gasteiger partial charge in [-0.1, -0.05) is 6.07 Å². The first-order valence-electron chi connectivity index (χ1n) is 5.22. The van der Waals surface area contributed by atoms with Gasteiger partial charge < -0.3 is 14.7 Å². The quantitative estimate of drug-likeness (QED) is 0.881. The topological polar surface area (TPSA) is 49.8 Å². The summed E-state index contributed by atoms with van der Waals surface area (Å²) in [6.45, 7) is 0.273. The summed E-state index contributed by atoms with van der Waals surface area (Å²) in [5.41, 5.74) is 0.276. The average Bonchev–Trinajstić information content (AvgIpc) is 2.58. The van der Waals surface area contributed by atoms with Crippen LogP contribution < -0.4 is 9.64 Å². The summed E-state index contributed by atoms with van der Waals surface area (Å²) in [6.07, 6.45) is -5.59. The molecule has 0 aliphatic carbocycles. The van der Waals surface area contributed by atoms with E-state index in [0.717, 1.165) is 12.1 Å². The zero-order valence-corrected chi connectivity index (χ0v) is 9.15. The van der Waals surface area contributed by atoms with Gasteiger partial charge in [0.05, 0.1) is 0 Å². The molecule has 1 heterocycles. The molecule has 1 unspecified atom stereocenters. The molecule has 0 aromatic heterocycles. The predicted molar refractivity (Wildman–Crippen MR) is 56.1 cm³/mol. The number of alkyl halides is 3. The summed E-state index contributed by atoms with van der Waals surface area (Å²) >= 11 is 0. The number of nitrogens with zero attached hydrogens (tertiary/aromatic N) is 1. The van der Waals surface area contributed by atoms with E-state index < -0.39 is 24.1 Å². The molecule has 1 aliphatic heterocycles. The number of hydrogen-bond acceptors (Lipinski definition) is 3. The molecule has 98 valence electrons. The van der Waals surface area contributed by atoms with E-state index in [0.29, 0.717) is 0 Å². The SMILES string of the molecule is O=C1C(O)CCN1c1cccc(OC(F)(F)F)c1. The van der Waals surface area contributed by atoms with Crippen LogP contribution >= 0.6 is 0 Å². The lowest BCUT2D eigenvalue weighted by molar-refractivity contribution is -0.274. The summed E-state index contributed by atoms with van der Waals surface area (Å²) in [4.78, 5) is 12.7. The van der Waals surface area contributed by atoms with E-state index in [4.69, 9.17) is 0 Å². The molecule has 0 spiro atoms. The van der Waals surface area contributed by atoms with E-state index in [1.807, 2.05) is 0 Å². The molecule has 1 aromatic carbocycles. The number of amides is 1. The van der Waals surface area contributed by atoms with Gasteiger partial charge in [-0.15, -0.1) is 13.2 Å². The highest BCUT2D eigenvalue weighted by atomic mass is 19.4. The van der Waals surface area contributed by atoms with Gasteiger partial charge in [0.1, 0.15) is 11.9 Å². The highest BCUT2D eigenvalue weighted by Crippen LogP contribution is 2.28. The molecule has 4 nitrogen and oxygen atoms in total. The minimum Gasteiger partial charge on any atom is -0.406 e. The van der Waals surface area contributed by atoms with E-state index in [1.54, 1.807) is 0 Å². The summed E-state index contributed by atoms with van der Waals surface area (Å²) in [5, 5.41) is 9.28. The number of carbonyl (C=O) groups excluding carboxylic acids is 1. The minimum atomic E-state index is -4.77. The molecule has 1 atom stereocenters. The molecule has 1 aliphatic rings. The van der Waals surface area contributed by atoms with Crippen LogP contribution in [0.5, 0.6) is 5.75 Å². The van der Waals surface area contributed by atoms with Crippen molar-refractivity contribution >= 4 is 11.6 Å². The molecule has 7 heteroatoms. The van der Waals surface area contributed by atoms with Crippen LogP contribution in [0.3, 0.4) is 0 Å². The van der Waals surface area contributed by atoms with Crippen molar-refractivity contribution in [1.82, 2.24) is 0 Å². The van der Waals surface area contributed by atoms with Crippen molar-refractivity contribution in [2.24, 2.45) is 0 Å². The van der Waals surface area contributed by atoms with Gasteiger partial charge in [0.15, 0.2) is 0 Å². The Hall–Kier alpha value is -1.76. The molecule has 1 amide bonds. The summed E-state index contributed by atoms with van der Waals surface area (Å²) in [7, 11) is 0. The van der Waals surface area contributed by atoms with Crippen molar-refractivity contribution < 1.29 is 27.8 Å². The van der Waals surface area contributed by atoms with Crippen molar-refractivity contribution in [2.75, 3.05) is 11.4 Å². The number of anilines is 1. The Balaban J connectivity index is 2.20. The Bertz CT molecular complexity index is 461. The van der Waals surface area contributed by atoms with Gasteiger partial charge in [0.25, 0.3) is 5.91 Å². The Morgan fingerprint density at radius 1 is 1.39 bits per heavy atom. The van der Waals surface area contributed by atoms with Crippen LogP contribution in [0.1, 0.15) is 6.42 Å². The number of rotatable bonds is 2. The molecule has 18 heavy (non-hydrogen) atoms. The summed E-state index contributed by atoms with van der Waals surface area (Å²) in [5.74, 6) is -0.909. The van der Waals surface area contributed by atoms with Crippen LogP contribution in [0.15, 0.2) is 24.3 Å². The van der Waals surface area contributed by atoms with Gasteiger partial charge in [-0.3, -0.25) is 4.79 Å². The van der Waals surface area contributed by atoms with E-state index in [1.165, 1.54) is 17.0 Å². The van der Waals surface area contributed by atoms with Gasteiger partial charge in [-0.25, -0.2) is 0 Å². The molecule has 1 saturated heterocycles. The Morgan fingerprint density at radius 3 is 2.67 bits per heavy atom. The molecule has 0 saturated carbocycles. The minimum absolute atomic E-state index is 0.267. The third kappa shape index (κ3) is 2.73. The zero-order valence-electron chi connectivity index (χ0n) is 9.15. The number of hydrogen-bond donors (Lipinski definition) is 1. The maximum Gasteiger partial charge on any atom is 0.573 e. The Morgan fingerprint density at radius 2 is 2.11 bits per heavy atom. The maximum absolute atomic E-state index is 12.0. The first-order chi connectivity index (χ1) is 8.37. The van der Waals surface area contributed by atoms with Crippen LogP contribution in [0.4, 0.5) is 18.9 Å². The number of aliphatic hydroxyl groups excluding tert-OH is 1. The third-order valence-corrected chi connectivity index (χ3v) is 2.54. The maximum atomic E-state index is 12.0. The summed E-state index contributed by atoms with van der Waals surface area (Å²) in [6, 6.07) is 5.10. The fraction of sp³-hybridized carbons (Fsp3) is 0.364. The lowest BCUT2D eigenvalue weighted by atomic mass is 10.3. The van der Waals surface area contributed by atoms with Crippen LogP contribution in [0.25, 0.3) is 0 Å². The molecule has 1 fully saturated rings. The van der Waals surface area contributed by atoms with E-state index in [2.05, 4.69) is 4.74 Å². The second kappa shape index (κ2) is 4.49. The first-order valence-corrected chi connectivity index (χ1v) is 5.22.